The number of para-hydroxylation sites is 1. The summed E-state index contributed by atoms with van der Waals surface area (Å²) < 4.78 is 5.34. The lowest BCUT2D eigenvalue weighted by Gasteiger charge is -2.10. The van der Waals surface area contributed by atoms with Gasteiger partial charge in [-0.15, -0.1) is 10.2 Å². The molecule has 1 heterocycles. The van der Waals surface area contributed by atoms with E-state index in [0.29, 0.717) is 12.4 Å². The third-order valence-corrected chi connectivity index (χ3v) is 3.14. The van der Waals surface area contributed by atoms with Gasteiger partial charge in [0.2, 0.25) is 5.82 Å². The molecule has 0 fully saturated rings. The molecule has 0 aliphatic carbocycles. The number of tetrazole rings is 1. The van der Waals surface area contributed by atoms with Gasteiger partial charge in [0.15, 0.2) is 0 Å². The number of nitrogens with one attached hydrogen (secondary N) is 2. The summed E-state index contributed by atoms with van der Waals surface area (Å²) in [6.07, 6.45) is 0. The molecule has 0 unspecified atom stereocenters. The fourth-order valence-electron chi connectivity index (χ4n) is 2.10. The van der Waals surface area contributed by atoms with Crippen molar-refractivity contribution in [2.45, 2.75) is 6.54 Å². The Morgan fingerprint density at radius 2 is 2.05 bits per heavy atom. The number of anilines is 1. The van der Waals surface area contributed by atoms with Crippen molar-refractivity contribution in [2.75, 3.05) is 12.4 Å². The number of hydrogen-bond acceptors (Lipinski definition) is 5. The molecule has 3 rings (SSSR count). The number of aromatic nitrogens is 4. The fraction of sp³-hybridized carbons (Fsp3) is 0.133. The second kappa shape index (κ2) is 6.04. The number of ether oxygens (including phenoxy) is 1. The smallest absolute Gasteiger partial charge is 0.204 e. The molecule has 3 aromatic rings. The van der Waals surface area contributed by atoms with Gasteiger partial charge in [-0.2, -0.15) is 5.21 Å². The Morgan fingerprint density at radius 3 is 2.86 bits per heavy atom. The molecule has 0 saturated heterocycles. The van der Waals surface area contributed by atoms with Gasteiger partial charge in [0.05, 0.1) is 7.11 Å². The Balaban J connectivity index is 1.75. The van der Waals surface area contributed by atoms with Crippen molar-refractivity contribution in [1.82, 2.24) is 20.6 Å². The van der Waals surface area contributed by atoms with E-state index in [2.05, 4.69) is 25.9 Å². The lowest BCUT2D eigenvalue weighted by molar-refractivity contribution is 0.410. The van der Waals surface area contributed by atoms with Crippen LogP contribution in [0.5, 0.6) is 5.75 Å². The van der Waals surface area contributed by atoms with Crippen LogP contribution in [-0.4, -0.2) is 27.7 Å². The highest BCUT2D eigenvalue weighted by Crippen LogP contribution is 2.21. The number of aromatic amines is 1. The third kappa shape index (κ3) is 3.00. The molecule has 0 saturated carbocycles. The van der Waals surface area contributed by atoms with E-state index in [1.165, 1.54) is 0 Å². The van der Waals surface area contributed by atoms with Gasteiger partial charge in [0.25, 0.3) is 0 Å². The summed E-state index contributed by atoms with van der Waals surface area (Å²) >= 11 is 0. The monoisotopic (exact) mass is 281 g/mol. The zero-order valence-electron chi connectivity index (χ0n) is 11.6. The number of rotatable bonds is 5. The van der Waals surface area contributed by atoms with Crippen LogP contribution in [0.1, 0.15) is 5.56 Å². The standard InChI is InChI=1S/C15H15N5O/c1-21-14-8-3-2-5-12(14)10-16-13-7-4-6-11(9-13)15-17-19-20-18-15/h2-9,16H,10H2,1H3,(H,17,18,19,20). The first-order valence-corrected chi connectivity index (χ1v) is 6.56. The van der Waals surface area contributed by atoms with E-state index in [1.807, 2.05) is 48.5 Å². The maximum Gasteiger partial charge on any atom is 0.204 e. The van der Waals surface area contributed by atoms with Crippen LogP contribution in [0.2, 0.25) is 0 Å². The fourth-order valence-corrected chi connectivity index (χ4v) is 2.10. The molecule has 2 N–H and O–H groups in total. The molecular weight excluding hydrogens is 266 g/mol. The lowest BCUT2D eigenvalue weighted by atomic mass is 10.1. The Labute approximate surface area is 122 Å². The molecule has 106 valence electrons. The molecule has 0 aliphatic heterocycles. The first-order chi connectivity index (χ1) is 10.4. The largest absolute Gasteiger partial charge is 0.496 e. The first-order valence-electron chi connectivity index (χ1n) is 6.56. The van der Waals surface area contributed by atoms with Gasteiger partial charge in [0.1, 0.15) is 5.75 Å². The van der Waals surface area contributed by atoms with E-state index >= 15 is 0 Å². The first kappa shape index (κ1) is 13.1. The van der Waals surface area contributed by atoms with Crippen molar-refractivity contribution in [3.8, 4) is 17.1 Å². The maximum atomic E-state index is 5.34. The molecule has 21 heavy (non-hydrogen) atoms. The van der Waals surface area contributed by atoms with E-state index in [0.717, 1.165) is 22.6 Å². The average molecular weight is 281 g/mol. The van der Waals surface area contributed by atoms with Crippen LogP contribution < -0.4 is 10.1 Å². The number of nitrogens with zero attached hydrogens (tertiary/aromatic N) is 3. The van der Waals surface area contributed by atoms with Crippen LogP contribution in [-0.2, 0) is 6.54 Å². The maximum absolute atomic E-state index is 5.34. The minimum Gasteiger partial charge on any atom is -0.496 e. The molecule has 6 heteroatoms. The van der Waals surface area contributed by atoms with Gasteiger partial charge in [0, 0.05) is 23.4 Å². The van der Waals surface area contributed by atoms with Crippen LogP contribution in [0.3, 0.4) is 0 Å². The summed E-state index contributed by atoms with van der Waals surface area (Å²) in [6.45, 7) is 0.680. The van der Waals surface area contributed by atoms with Gasteiger partial charge < -0.3 is 10.1 Å². The molecule has 0 amide bonds. The molecular formula is C15H15N5O. The van der Waals surface area contributed by atoms with Crippen LogP contribution in [0, 0.1) is 0 Å². The van der Waals surface area contributed by atoms with Gasteiger partial charge in [-0.05, 0) is 23.4 Å². The van der Waals surface area contributed by atoms with Crippen molar-refractivity contribution in [3.63, 3.8) is 0 Å². The molecule has 6 nitrogen and oxygen atoms in total. The van der Waals surface area contributed by atoms with Crippen LogP contribution in [0.15, 0.2) is 48.5 Å². The van der Waals surface area contributed by atoms with E-state index in [9.17, 15) is 0 Å². The Kier molecular flexibility index (Phi) is 3.77. The highest BCUT2D eigenvalue weighted by atomic mass is 16.5. The van der Waals surface area contributed by atoms with E-state index in [1.54, 1.807) is 7.11 Å². The Morgan fingerprint density at radius 1 is 1.14 bits per heavy atom. The summed E-state index contributed by atoms with van der Waals surface area (Å²) in [4.78, 5) is 0. The highest BCUT2D eigenvalue weighted by Gasteiger charge is 2.05. The molecule has 0 radical (unpaired) electrons. The summed E-state index contributed by atoms with van der Waals surface area (Å²) in [7, 11) is 1.68. The van der Waals surface area contributed by atoms with Crippen molar-refractivity contribution in [2.24, 2.45) is 0 Å². The van der Waals surface area contributed by atoms with Crippen molar-refractivity contribution < 1.29 is 4.74 Å². The Bertz CT molecular complexity index is 712. The van der Waals surface area contributed by atoms with E-state index < -0.39 is 0 Å². The minimum atomic E-state index is 0.580. The van der Waals surface area contributed by atoms with Gasteiger partial charge in [-0.1, -0.05) is 30.3 Å². The predicted octanol–water partition coefficient (Wildman–Crippen LogP) is 2.49. The second-order valence-corrected chi connectivity index (χ2v) is 4.48. The van der Waals surface area contributed by atoms with Gasteiger partial charge in [-0.25, -0.2) is 0 Å². The molecule has 0 atom stereocenters. The van der Waals surface area contributed by atoms with Crippen LogP contribution >= 0.6 is 0 Å². The molecule has 0 spiro atoms. The SMILES string of the molecule is COc1ccccc1CNc1cccc(-c2nn[nH]n2)c1. The van der Waals surface area contributed by atoms with E-state index in [4.69, 9.17) is 4.74 Å². The van der Waals surface area contributed by atoms with Crippen LogP contribution in [0.25, 0.3) is 11.4 Å². The number of benzene rings is 2. The number of hydrogen-bond donors (Lipinski definition) is 2. The minimum absolute atomic E-state index is 0.580. The summed E-state index contributed by atoms with van der Waals surface area (Å²) in [5.41, 5.74) is 3.00. The quantitative estimate of drug-likeness (QED) is 0.751. The average Bonchev–Trinajstić information content (AvgIpc) is 3.08. The summed E-state index contributed by atoms with van der Waals surface area (Å²) in [5, 5.41) is 17.4. The normalized spacial score (nSPS) is 10.3. The summed E-state index contributed by atoms with van der Waals surface area (Å²) in [5.74, 6) is 1.45. The second-order valence-electron chi connectivity index (χ2n) is 4.48. The highest BCUT2D eigenvalue weighted by molar-refractivity contribution is 5.61. The van der Waals surface area contributed by atoms with Crippen LogP contribution in [0.4, 0.5) is 5.69 Å². The molecule has 0 aliphatic rings. The topological polar surface area (TPSA) is 75.7 Å². The summed E-state index contributed by atoms with van der Waals surface area (Å²) in [6, 6.07) is 15.8. The molecule has 2 aromatic carbocycles. The van der Waals surface area contributed by atoms with Crippen molar-refractivity contribution in [3.05, 3.63) is 54.1 Å². The van der Waals surface area contributed by atoms with E-state index in [-0.39, 0.29) is 0 Å². The molecule has 1 aromatic heterocycles. The third-order valence-electron chi connectivity index (χ3n) is 3.14. The van der Waals surface area contributed by atoms with Crippen molar-refractivity contribution >= 4 is 5.69 Å². The van der Waals surface area contributed by atoms with Gasteiger partial charge >= 0.3 is 0 Å². The zero-order chi connectivity index (χ0) is 14.5. The zero-order valence-corrected chi connectivity index (χ0v) is 11.6. The number of H-pyrrole nitrogens is 1. The van der Waals surface area contributed by atoms with Gasteiger partial charge in [-0.3, -0.25) is 0 Å². The lowest BCUT2D eigenvalue weighted by Crippen LogP contribution is -2.01. The Hall–Kier alpha value is -2.89. The van der Waals surface area contributed by atoms with Crippen molar-refractivity contribution in [1.29, 1.82) is 0 Å². The number of methoxy groups -OCH3 is 1. The molecule has 0 bridgehead atoms. The predicted molar refractivity (Wildman–Crippen MR) is 79.9 cm³/mol.